The van der Waals surface area contributed by atoms with E-state index in [1.165, 1.54) is 11.3 Å². The summed E-state index contributed by atoms with van der Waals surface area (Å²) in [6, 6.07) is 13.1. The van der Waals surface area contributed by atoms with Crippen molar-refractivity contribution in [1.29, 1.82) is 0 Å². The molecule has 0 radical (unpaired) electrons. The Morgan fingerprint density at radius 1 is 1.19 bits per heavy atom. The summed E-state index contributed by atoms with van der Waals surface area (Å²) < 4.78 is 21.7. The fraction of sp³-hybridized carbons (Fsp3) is 0.364. The van der Waals surface area contributed by atoms with E-state index in [4.69, 9.17) is 19.2 Å². The van der Waals surface area contributed by atoms with Crippen LogP contribution in [0.25, 0.3) is 16.8 Å². The summed E-state index contributed by atoms with van der Waals surface area (Å²) in [6.07, 6.45) is 4.31. The number of aryl methyl sites for hydroxylation is 1. The molecule has 2 atom stereocenters. The molecule has 4 heterocycles. The van der Waals surface area contributed by atoms with Crippen LogP contribution in [0.2, 0.25) is 0 Å². The first-order valence-corrected chi connectivity index (χ1v) is 15.2. The first kappa shape index (κ1) is 28.2. The Hall–Kier alpha value is -3.95. The second-order valence-corrected chi connectivity index (χ2v) is 11.8. The molecule has 2 aromatic heterocycles. The van der Waals surface area contributed by atoms with Gasteiger partial charge in [0.05, 0.1) is 35.6 Å². The molecule has 0 N–H and O–H groups in total. The van der Waals surface area contributed by atoms with E-state index >= 15 is 0 Å². The average molecular weight is 586 g/mol. The lowest BCUT2D eigenvalue weighted by atomic mass is 9.90. The average Bonchev–Trinajstić information content (AvgIpc) is 3.67. The van der Waals surface area contributed by atoms with Crippen LogP contribution < -0.4 is 19.6 Å². The molecule has 9 heteroatoms. The highest BCUT2D eigenvalue weighted by molar-refractivity contribution is 7.07. The second kappa shape index (κ2) is 11.4. The summed E-state index contributed by atoms with van der Waals surface area (Å²) in [7, 11) is 1.60. The van der Waals surface area contributed by atoms with Crippen molar-refractivity contribution in [3.8, 4) is 5.75 Å². The molecule has 6 rings (SSSR count). The van der Waals surface area contributed by atoms with Gasteiger partial charge in [-0.05, 0) is 75.1 Å². The monoisotopic (exact) mass is 585 g/mol. The number of carbonyl (C=O) groups is 1. The molecular weight excluding hydrogens is 550 g/mol. The van der Waals surface area contributed by atoms with Crippen molar-refractivity contribution in [3.63, 3.8) is 0 Å². The molecule has 0 aliphatic carbocycles. The summed E-state index contributed by atoms with van der Waals surface area (Å²) in [5.41, 5.74) is 4.57. The van der Waals surface area contributed by atoms with Gasteiger partial charge in [0.25, 0.3) is 5.56 Å². The van der Waals surface area contributed by atoms with Crippen LogP contribution in [-0.4, -0.2) is 41.5 Å². The first-order chi connectivity index (χ1) is 20.3. The number of allylic oxidation sites excluding steroid dienone is 1. The quantitative estimate of drug-likeness (QED) is 0.297. The highest BCUT2D eigenvalue weighted by Gasteiger charge is 2.36. The topological polar surface area (TPSA) is 84.0 Å². The number of methoxy groups -OCH3 is 1. The number of hydrogen-bond acceptors (Lipinski definition) is 7. The number of fused-ring (bicyclic) bond motifs is 2. The Labute approximate surface area is 248 Å². The molecular formula is C33H35N3O5S. The lowest BCUT2D eigenvalue weighted by molar-refractivity contribution is -0.139. The molecule has 0 saturated carbocycles. The molecule has 0 unspecified atom stereocenters. The van der Waals surface area contributed by atoms with Crippen molar-refractivity contribution in [3.05, 3.63) is 95.9 Å². The molecule has 8 nitrogen and oxygen atoms in total. The number of thiazole rings is 1. The maximum absolute atomic E-state index is 14.3. The number of rotatable bonds is 7. The van der Waals surface area contributed by atoms with Gasteiger partial charge in [-0.15, -0.1) is 0 Å². The molecule has 0 bridgehead atoms. The molecule has 2 aromatic carbocycles. The van der Waals surface area contributed by atoms with Gasteiger partial charge < -0.3 is 18.8 Å². The predicted molar refractivity (Wildman–Crippen MR) is 164 cm³/mol. The summed E-state index contributed by atoms with van der Waals surface area (Å²) in [5, 5.41) is 1.87. The fourth-order valence-corrected chi connectivity index (χ4v) is 7.23. The van der Waals surface area contributed by atoms with Crippen molar-refractivity contribution in [2.45, 2.75) is 59.2 Å². The van der Waals surface area contributed by atoms with Crippen LogP contribution >= 0.6 is 11.3 Å². The van der Waals surface area contributed by atoms with Gasteiger partial charge in [-0.3, -0.25) is 9.36 Å². The lowest BCUT2D eigenvalue weighted by Gasteiger charge is -2.27. The van der Waals surface area contributed by atoms with Gasteiger partial charge in [-0.1, -0.05) is 41.7 Å². The molecule has 0 amide bonds. The minimum absolute atomic E-state index is 0.209. The molecule has 1 saturated heterocycles. The van der Waals surface area contributed by atoms with Gasteiger partial charge in [-0.25, -0.2) is 9.79 Å². The zero-order valence-electron chi connectivity index (χ0n) is 24.6. The van der Waals surface area contributed by atoms with Crippen molar-refractivity contribution < 1.29 is 19.0 Å². The van der Waals surface area contributed by atoms with Crippen LogP contribution in [0, 0.1) is 13.8 Å². The standard InChI is InChI=1S/C33H35N3O5S/c1-6-40-32(38)28-20(3)34-33-36(30(28)29-25-12-8-7-10-22(25)13-14-26(29)39-5)31(37)27(42-33)17-23-16-19(2)35(21(23)4)18-24-11-9-15-41-24/h7-8,10,12-14,16-17,24,30H,6,9,11,15,18H2,1-5H3/b27-17-/t24-,30-/m0/s1. The van der Waals surface area contributed by atoms with E-state index in [0.29, 0.717) is 26.4 Å². The number of hydrogen-bond donors (Lipinski definition) is 0. The lowest BCUT2D eigenvalue weighted by Crippen LogP contribution is -2.40. The maximum atomic E-state index is 14.3. The summed E-state index contributed by atoms with van der Waals surface area (Å²) >= 11 is 1.33. The molecule has 2 aliphatic heterocycles. The number of nitrogens with zero attached hydrogens (tertiary/aromatic N) is 3. The number of carbonyl (C=O) groups excluding carboxylic acids is 1. The molecule has 4 aromatic rings. The van der Waals surface area contributed by atoms with Crippen molar-refractivity contribution in [2.75, 3.05) is 20.3 Å². The SMILES string of the molecule is CCOC(=O)C1=C(C)N=c2s/c(=C\c3cc(C)n(C[C@@H]4CCCO4)c3C)c(=O)n2[C@@H]1c1c(OC)ccc2ccccc12. The van der Waals surface area contributed by atoms with Crippen LogP contribution in [0.3, 0.4) is 0 Å². The van der Waals surface area contributed by atoms with E-state index < -0.39 is 12.0 Å². The van der Waals surface area contributed by atoms with Crippen LogP contribution in [0.15, 0.2) is 63.5 Å². The fourth-order valence-electron chi connectivity index (χ4n) is 6.19. The highest BCUT2D eigenvalue weighted by atomic mass is 32.1. The van der Waals surface area contributed by atoms with E-state index in [1.54, 1.807) is 25.5 Å². The second-order valence-electron chi connectivity index (χ2n) is 10.8. The highest BCUT2D eigenvalue weighted by Crippen LogP contribution is 2.40. The largest absolute Gasteiger partial charge is 0.496 e. The van der Waals surface area contributed by atoms with Gasteiger partial charge >= 0.3 is 5.97 Å². The van der Waals surface area contributed by atoms with Crippen molar-refractivity contribution >= 4 is 34.2 Å². The number of ether oxygens (including phenoxy) is 3. The van der Waals surface area contributed by atoms with Crippen LogP contribution in [0.4, 0.5) is 0 Å². The number of esters is 1. The minimum atomic E-state index is -0.768. The molecule has 1 fully saturated rings. The number of aromatic nitrogens is 2. The Balaban J connectivity index is 1.56. The molecule has 0 spiro atoms. The van der Waals surface area contributed by atoms with Gasteiger partial charge in [0, 0.05) is 30.1 Å². The van der Waals surface area contributed by atoms with E-state index in [0.717, 1.165) is 59.3 Å². The predicted octanol–water partition coefficient (Wildman–Crippen LogP) is 4.56. The zero-order chi connectivity index (χ0) is 29.5. The Kier molecular flexibility index (Phi) is 7.64. The molecule has 42 heavy (non-hydrogen) atoms. The third-order valence-electron chi connectivity index (χ3n) is 8.25. The Bertz CT molecular complexity index is 1910. The van der Waals surface area contributed by atoms with Crippen LogP contribution in [0.1, 0.15) is 55.2 Å². The Morgan fingerprint density at radius 3 is 2.74 bits per heavy atom. The van der Waals surface area contributed by atoms with E-state index in [9.17, 15) is 9.59 Å². The zero-order valence-corrected chi connectivity index (χ0v) is 25.4. The third kappa shape index (κ3) is 4.80. The van der Waals surface area contributed by atoms with Crippen molar-refractivity contribution in [1.82, 2.24) is 9.13 Å². The van der Waals surface area contributed by atoms with Crippen LogP contribution in [-0.2, 0) is 20.8 Å². The summed E-state index contributed by atoms with van der Waals surface area (Å²) in [5.74, 6) is 0.0909. The van der Waals surface area contributed by atoms with Gasteiger partial charge in [-0.2, -0.15) is 0 Å². The minimum Gasteiger partial charge on any atom is -0.496 e. The number of benzene rings is 2. The molecule has 218 valence electrons. The summed E-state index contributed by atoms with van der Waals surface area (Å²) in [6.45, 7) is 9.56. The van der Waals surface area contributed by atoms with Gasteiger partial charge in [0.15, 0.2) is 4.80 Å². The third-order valence-corrected chi connectivity index (χ3v) is 9.23. The van der Waals surface area contributed by atoms with E-state index in [1.807, 2.05) is 42.5 Å². The van der Waals surface area contributed by atoms with Gasteiger partial charge in [0.1, 0.15) is 11.8 Å². The first-order valence-electron chi connectivity index (χ1n) is 14.4. The molecule has 2 aliphatic rings. The normalized spacial score (nSPS) is 18.8. The summed E-state index contributed by atoms with van der Waals surface area (Å²) in [4.78, 5) is 33.0. The smallest absolute Gasteiger partial charge is 0.338 e. The van der Waals surface area contributed by atoms with Crippen LogP contribution in [0.5, 0.6) is 5.75 Å². The maximum Gasteiger partial charge on any atom is 0.338 e. The van der Waals surface area contributed by atoms with E-state index in [-0.39, 0.29) is 18.3 Å². The van der Waals surface area contributed by atoms with Gasteiger partial charge in [0.2, 0.25) is 0 Å². The Morgan fingerprint density at radius 2 is 2.00 bits per heavy atom. The van der Waals surface area contributed by atoms with E-state index in [2.05, 4.69) is 24.5 Å². The van der Waals surface area contributed by atoms with Crippen molar-refractivity contribution in [2.24, 2.45) is 4.99 Å².